The van der Waals surface area contributed by atoms with Crippen LogP contribution in [0, 0.1) is 32.1 Å². The van der Waals surface area contributed by atoms with Crippen LogP contribution in [0.3, 0.4) is 0 Å². The first-order valence-electron chi connectivity index (χ1n) is 17.9. The molecule has 0 saturated heterocycles. The van der Waals surface area contributed by atoms with Crippen LogP contribution in [0.15, 0.2) is 125 Å². The topological polar surface area (TPSA) is 86.7 Å². The van der Waals surface area contributed by atoms with Gasteiger partial charge in [-0.2, -0.15) is 5.26 Å². The van der Waals surface area contributed by atoms with Crippen molar-refractivity contribution in [2.45, 2.75) is 60.9 Å². The number of hydrogen-bond acceptors (Lipinski definition) is 4. The molecule has 1 heterocycles. The number of hydrogen-bond donors (Lipinski definition) is 0. The van der Waals surface area contributed by atoms with E-state index in [0.29, 0.717) is 30.5 Å². The largest absolute Gasteiger partial charge is 0.261 e. The zero-order valence-electron chi connectivity index (χ0n) is 31.8. The summed E-state index contributed by atoms with van der Waals surface area (Å²) in [7, 11) is 0. The van der Waals surface area contributed by atoms with E-state index in [9.17, 15) is 0 Å². The standard InChI is InChI=1S/C43H41N5.C4H7N/c1-8-17-38-29(4)23-33(10-3)39(18-9-2)40(38)36-25-32(26-37(27-36)43-46-30(5)24-31(6)47-43)28-45-42(35-21-15-12-16-22-35)48-41(44-7)34-19-13-11-14-20-34;1-2-3-4-5/h8-27H,3,7,28H2,1-2,4-6H3;2-3H2,1H3/b17-8-,18-9-,45-42?,48-41?;. The third-order valence-corrected chi connectivity index (χ3v) is 8.25. The molecule has 0 radical (unpaired) electrons. The lowest BCUT2D eigenvalue weighted by Crippen LogP contribution is -2.05. The Hall–Kier alpha value is -6.32. The highest BCUT2D eigenvalue weighted by molar-refractivity contribution is 6.12. The Morgan fingerprint density at radius 1 is 0.774 bits per heavy atom. The van der Waals surface area contributed by atoms with Gasteiger partial charge in [-0.1, -0.05) is 111 Å². The third-order valence-electron chi connectivity index (χ3n) is 8.25. The fraction of sp³-hybridized carbons (Fsp3) is 0.191. The summed E-state index contributed by atoms with van der Waals surface area (Å²) >= 11 is 0. The van der Waals surface area contributed by atoms with Crippen molar-refractivity contribution in [1.29, 1.82) is 5.26 Å². The van der Waals surface area contributed by atoms with Crippen molar-refractivity contribution in [2.75, 3.05) is 0 Å². The minimum atomic E-state index is 0.372. The quantitative estimate of drug-likeness (QED) is 0.108. The monoisotopic (exact) mass is 696 g/mol. The van der Waals surface area contributed by atoms with Crippen molar-refractivity contribution in [3.63, 3.8) is 0 Å². The van der Waals surface area contributed by atoms with Crippen LogP contribution in [-0.4, -0.2) is 28.4 Å². The second kappa shape index (κ2) is 19.9. The van der Waals surface area contributed by atoms with Gasteiger partial charge in [-0.25, -0.2) is 20.0 Å². The van der Waals surface area contributed by atoms with Gasteiger partial charge in [0.15, 0.2) is 17.5 Å². The Balaban J connectivity index is 0.00000117. The number of aromatic nitrogens is 2. The van der Waals surface area contributed by atoms with Gasteiger partial charge in [-0.05, 0) is 111 Å². The van der Waals surface area contributed by atoms with Crippen LogP contribution in [0.2, 0.25) is 0 Å². The van der Waals surface area contributed by atoms with Gasteiger partial charge in [0, 0.05) is 34.5 Å². The molecule has 53 heavy (non-hydrogen) atoms. The van der Waals surface area contributed by atoms with Gasteiger partial charge in [0.2, 0.25) is 0 Å². The van der Waals surface area contributed by atoms with Crippen molar-refractivity contribution in [3.05, 3.63) is 160 Å². The normalized spacial score (nSPS) is 11.6. The van der Waals surface area contributed by atoms with Crippen LogP contribution < -0.4 is 0 Å². The average Bonchev–Trinajstić information content (AvgIpc) is 3.17. The van der Waals surface area contributed by atoms with E-state index in [1.54, 1.807) is 0 Å². The molecule has 5 rings (SSSR count). The maximum Gasteiger partial charge on any atom is 0.161 e. The molecule has 0 bridgehead atoms. The maximum atomic E-state index is 7.82. The summed E-state index contributed by atoms with van der Waals surface area (Å²) in [4.78, 5) is 24.0. The van der Waals surface area contributed by atoms with Crippen LogP contribution >= 0.6 is 0 Å². The van der Waals surface area contributed by atoms with Crippen LogP contribution in [0.5, 0.6) is 0 Å². The Kier molecular flexibility index (Phi) is 14.8. The van der Waals surface area contributed by atoms with Crippen molar-refractivity contribution in [3.8, 4) is 28.6 Å². The van der Waals surface area contributed by atoms with E-state index >= 15 is 0 Å². The van der Waals surface area contributed by atoms with E-state index in [0.717, 1.165) is 67.9 Å². The van der Waals surface area contributed by atoms with E-state index in [-0.39, 0.29) is 0 Å². The zero-order valence-corrected chi connectivity index (χ0v) is 31.8. The molecule has 6 nitrogen and oxygen atoms in total. The molecule has 0 spiro atoms. The van der Waals surface area contributed by atoms with Crippen LogP contribution in [0.4, 0.5) is 0 Å². The number of benzene rings is 4. The molecule has 0 fully saturated rings. The fourth-order valence-electron chi connectivity index (χ4n) is 5.93. The fourth-order valence-corrected chi connectivity index (χ4v) is 5.93. The molecular weight excluding hydrogens is 649 g/mol. The molecule has 4 aromatic carbocycles. The molecule has 266 valence electrons. The van der Waals surface area contributed by atoms with Gasteiger partial charge in [0.25, 0.3) is 0 Å². The molecule has 0 aliphatic rings. The van der Waals surface area contributed by atoms with Crippen molar-refractivity contribution >= 4 is 36.6 Å². The van der Waals surface area contributed by atoms with Crippen molar-refractivity contribution in [2.24, 2.45) is 15.0 Å². The molecule has 1 aromatic heterocycles. The smallest absolute Gasteiger partial charge is 0.161 e. The molecule has 0 unspecified atom stereocenters. The summed E-state index contributed by atoms with van der Waals surface area (Å²) in [6.45, 7) is 20.6. The molecule has 0 amide bonds. The number of nitrogens with zero attached hydrogens (tertiary/aromatic N) is 6. The highest BCUT2D eigenvalue weighted by Gasteiger charge is 2.17. The van der Waals surface area contributed by atoms with Gasteiger partial charge in [0.05, 0.1) is 12.6 Å². The van der Waals surface area contributed by atoms with Gasteiger partial charge in [-0.3, -0.25) is 4.99 Å². The number of rotatable bonds is 10. The zero-order chi connectivity index (χ0) is 38.2. The summed E-state index contributed by atoms with van der Waals surface area (Å²) in [5.41, 5.74) is 12.2. The van der Waals surface area contributed by atoms with E-state index in [1.807, 2.05) is 113 Å². The summed E-state index contributed by atoms with van der Waals surface area (Å²) in [6.07, 6.45) is 12.1. The number of unbranched alkanes of at least 4 members (excludes halogenated alkanes) is 1. The van der Waals surface area contributed by atoms with Gasteiger partial charge in [-0.15, -0.1) is 0 Å². The lowest BCUT2D eigenvalue weighted by Gasteiger charge is -2.19. The first-order valence-corrected chi connectivity index (χ1v) is 17.9. The van der Waals surface area contributed by atoms with Crippen LogP contribution in [0.25, 0.3) is 40.7 Å². The first-order chi connectivity index (χ1) is 25.8. The lowest BCUT2D eigenvalue weighted by atomic mass is 9.86. The molecular formula is C47H48N6. The highest BCUT2D eigenvalue weighted by Crippen LogP contribution is 2.38. The van der Waals surface area contributed by atoms with Gasteiger partial charge in [0.1, 0.15) is 0 Å². The summed E-state index contributed by atoms with van der Waals surface area (Å²) in [6, 6.07) is 32.6. The highest BCUT2D eigenvalue weighted by atomic mass is 15.0. The summed E-state index contributed by atoms with van der Waals surface area (Å²) in [5.74, 6) is 1.77. The van der Waals surface area contributed by atoms with Crippen molar-refractivity contribution < 1.29 is 0 Å². The second-order valence-corrected chi connectivity index (χ2v) is 12.5. The van der Waals surface area contributed by atoms with Crippen molar-refractivity contribution in [1.82, 2.24) is 9.97 Å². The molecule has 0 aliphatic carbocycles. The average molecular weight is 697 g/mol. The minimum absolute atomic E-state index is 0.372. The van der Waals surface area contributed by atoms with E-state index in [1.165, 1.54) is 5.56 Å². The SMILES string of the molecule is C=Cc1cc(C)c(/C=C\C)c(-c2cc(CN=C(N=C(N=C)c3ccccc3)c3ccccc3)cc(-c3nc(C)cc(C)n3)c2)c1/C=C\C.CCCC#N. The Morgan fingerprint density at radius 2 is 1.36 bits per heavy atom. The van der Waals surface area contributed by atoms with Gasteiger partial charge >= 0.3 is 0 Å². The van der Waals surface area contributed by atoms with E-state index in [4.69, 9.17) is 25.2 Å². The first kappa shape index (κ1) is 39.5. The van der Waals surface area contributed by atoms with Crippen LogP contribution in [-0.2, 0) is 6.54 Å². The number of aliphatic imine (C=N–C) groups is 3. The van der Waals surface area contributed by atoms with Gasteiger partial charge < -0.3 is 0 Å². The molecule has 6 heteroatoms. The summed E-state index contributed by atoms with van der Waals surface area (Å²) < 4.78 is 0. The second-order valence-electron chi connectivity index (χ2n) is 12.5. The molecule has 0 aliphatic heterocycles. The summed E-state index contributed by atoms with van der Waals surface area (Å²) in [5, 5.41) is 7.82. The van der Waals surface area contributed by atoms with Crippen LogP contribution in [0.1, 0.15) is 83.9 Å². The number of aryl methyl sites for hydroxylation is 3. The minimum Gasteiger partial charge on any atom is -0.261 e. The number of nitriles is 1. The predicted octanol–water partition coefficient (Wildman–Crippen LogP) is 11.8. The number of allylic oxidation sites excluding steroid dienone is 2. The molecule has 0 saturated carbocycles. The maximum absolute atomic E-state index is 7.82. The molecule has 5 aromatic rings. The third kappa shape index (κ3) is 10.6. The number of amidine groups is 2. The van der Waals surface area contributed by atoms with E-state index < -0.39 is 0 Å². The molecule has 0 atom stereocenters. The Morgan fingerprint density at radius 3 is 1.89 bits per heavy atom. The molecule has 0 N–H and O–H groups in total. The predicted molar refractivity (Wildman–Crippen MR) is 226 cm³/mol. The van der Waals surface area contributed by atoms with E-state index in [2.05, 4.69) is 73.8 Å². The Bertz CT molecular complexity index is 2180. The Labute approximate surface area is 315 Å². The lowest BCUT2D eigenvalue weighted by molar-refractivity contribution is 0.969.